The number of fused-ring (bicyclic) bond motifs is 7. The standard InChI is InChI=1S/C21H13NO/c1-2-16-20-15-9-5-6-10-18(15)23-21(20)19-14-8-4-3-7-13(14)11-12-17(19)22-16/h2-12H,1H2. The number of hydrogen-bond donors (Lipinski definition) is 0. The van der Waals surface area contributed by atoms with E-state index in [4.69, 9.17) is 9.40 Å². The van der Waals surface area contributed by atoms with Crippen LogP contribution in [0.25, 0.3) is 49.7 Å². The van der Waals surface area contributed by atoms with Crippen LogP contribution < -0.4 is 0 Å². The molecule has 0 spiro atoms. The van der Waals surface area contributed by atoms with Gasteiger partial charge in [0.1, 0.15) is 11.2 Å². The molecule has 0 aliphatic heterocycles. The second-order valence-electron chi connectivity index (χ2n) is 5.68. The molecule has 2 heteroatoms. The summed E-state index contributed by atoms with van der Waals surface area (Å²) < 4.78 is 6.23. The average Bonchev–Trinajstić information content (AvgIpc) is 3.00. The van der Waals surface area contributed by atoms with E-state index in [1.807, 2.05) is 18.2 Å². The van der Waals surface area contributed by atoms with E-state index in [9.17, 15) is 0 Å². The molecule has 0 aliphatic rings. The minimum Gasteiger partial charge on any atom is -0.455 e. The second kappa shape index (κ2) is 4.43. The molecular weight excluding hydrogens is 282 g/mol. The Labute approximate surface area is 132 Å². The molecule has 0 fully saturated rings. The third-order valence-corrected chi connectivity index (χ3v) is 4.42. The minimum atomic E-state index is 0.868. The van der Waals surface area contributed by atoms with E-state index in [2.05, 4.69) is 49.0 Å². The zero-order chi connectivity index (χ0) is 15.4. The highest BCUT2D eigenvalue weighted by Crippen LogP contribution is 2.38. The molecule has 2 nitrogen and oxygen atoms in total. The lowest BCUT2D eigenvalue weighted by molar-refractivity contribution is 0.672. The van der Waals surface area contributed by atoms with Crippen molar-refractivity contribution in [2.45, 2.75) is 0 Å². The molecule has 2 aromatic heterocycles. The molecule has 0 atom stereocenters. The lowest BCUT2D eigenvalue weighted by Gasteiger charge is -2.06. The van der Waals surface area contributed by atoms with Gasteiger partial charge in [-0.1, -0.05) is 55.1 Å². The van der Waals surface area contributed by atoms with Gasteiger partial charge in [-0.25, -0.2) is 4.98 Å². The van der Waals surface area contributed by atoms with Gasteiger partial charge in [-0.15, -0.1) is 0 Å². The molecule has 0 saturated carbocycles. The number of rotatable bonds is 1. The quantitative estimate of drug-likeness (QED) is 0.358. The summed E-state index contributed by atoms with van der Waals surface area (Å²) in [6, 6.07) is 20.6. The summed E-state index contributed by atoms with van der Waals surface area (Å²) in [6.07, 6.45) is 1.80. The molecule has 23 heavy (non-hydrogen) atoms. The summed E-state index contributed by atoms with van der Waals surface area (Å²) in [7, 11) is 0. The number of pyridine rings is 1. The summed E-state index contributed by atoms with van der Waals surface area (Å²) in [5.74, 6) is 0. The number of furan rings is 1. The van der Waals surface area contributed by atoms with Crippen LogP contribution in [0.15, 0.2) is 71.7 Å². The molecule has 5 rings (SSSR count). The van der Waals surface area contributed by atoms with Crippen molar-refractivity contribution in [3.05, 3.63) is 72.9 Å². The van der Waals surface area contributed by atoms with Gasteiger partial charge in [-0.05, 0) is 29.0 Å². The van der Waals surface area contributed by atoms with Gasteiger partial charge in [0.2, 0.25) is 0 Å². The SMILES string of the molecule is C=Cc1nc2ccc3ccccc3c2c2oc3ccccc3c12. The molecule has 0 radical (unpaired) electrons. The molecule has 0 unspecified atom stereocenters. The minimum absolute atomic E-state index is 0.868. The van der Waals surface area contributed by atoms with E-state index in [0.29, 0.717) is 0 Å². The van der Waals surface area contributed by atoms with Crippen LogP contribution in [0.1, 0.15) is 5.69 Å². The van der Waals surface area contributed by atoms with Crippen molar-refractivity contribution < 1.29 is 4.42 Å². The van der Waals surface area contributed by atoms with Crippen molar-refractivity contribution >= 4 is 49.7 Å². The van der Waals surface area contributed by atoms with E-state index in [1.165, 1.54) is 5.39 Å². The highest BCUT2D eigenvalue weighted by molar-refractivity contribution is 6.23. The van der Waals surface area contributed by atoms with Crippen molar-refractivity contribution in [1.82, 2.24) is 4.98 Å². The van der Waals surface area contributed by atoms with Crippen LogP contribution in [-0.4, -0.2) is 4.98 Å². The van der Waals surface area contributed by atoms with Crippen LogP contribution in [0.4, 0.5) is 0 Å². The monoisotopic (exact) mass is 295 g/mol. The molecule has 0 amide bonds. The Hall–Kier alpha value is -3.13. The molecule has 108 valence electrons. The normalized spacial score (nSPS) is 11.7. The van der Waals surface area contributed by atoms with E-state index in [-0.39, 0.29) is 0 Å². The number of aromatic nitrogens is 1. The van der Waals surface area contributed by atoms with Crippen molar-refractivity contribution in [3.63, 3.8) is 0 Å². The fraction of sp³-hybridized carbons (Fsp3) is 0. The Morgan fingerprint density at radius 2 is 1.61 bits per heavy atom. The topological polar surface area (TPSA) is 26.0 Å². The summed E-state index contributed by atoms with van der Waals surface area (Å²) >= 11 is 0. The van der Waals surface area contributed by atoms with Gasteiger partial charge in [0.25, 0.3) is 0 Å². The van der Waals surface area contributed by atoms with Crippen LogP contribution in [0, 0.1) is 0 Å². The van der Waals surface area contributed by atoms with Crippen molar-refractivity contribution in [3.8, 4) is 0 Å². The van der Waals surface area contributed by atoms with Crippen molar-refractivity contribution in [1.29, 1.82) is 0 Å². The maximum Gasteiger partial charge on any atom is 0.147 e. The van der Waals surface area contributed by atoms with Crippen LogP contribution in [0.5, 0.6) is 0 Å². The van der Waals surface area contributed by atoms with Crippen molar-refractivity contribution in [2.75, 3.05) is 0 Å². The Kier molecular flexibility index (Phi) is 2.39. The molecule has 2 heterocycles. The molecule has 3 aromatic carbocycles. The zero-order valence-electron chi connectivity index (χ0n) is 12.4. The first-order valence-corrected chi connectivity index (χ1v) is 7.62. The number of hydrogen-bond acceptors (Lipinski definition) is 2. The number of benzene rings is 3. The van der Waals surface area contributed by atoms with Gasteiger partial charge in [0, 0.05) is 5.39 Å². The fourth-order valence-electron chi connectivity index (χ4n) is 3.40. The Bertz CT molecular complexity index is 1230. The van der Waals surface area contributed by atoms with Gasteiger partial charge in [-0.3, -0.25) is 0 Å². The first kappa shape index (κ1) is 12.4. The van der Waals surface area contributed by atoms with Gasteiger partial charge in [0.05, 0.1) is 22.0 Å². The molecule has 0 N–H and O–H groups in total. The van der Waals surface area contributed by atoms with Crippen molar-refractivity contribution in [2.24, 2.45) is 0 Å². The van der Waals surface area contributed by atoms with E-state index < -0.39 is 0 Å². The van der Waals surface area contributed by atoms with Gasteiger partial charge in [-0.2, -0.15) is 0 Å². The first-order valence-electron chi connectivity index (χ1n) is 7.62. The molecule has 0 aliphatic carbocycles. The summed E-state index contributed by atoms with van der Waals surface area (Å²) in [5.41, 5.74) is 3.58. The average molecular weight is 295 g/mol. The Balaban J connectivity index is 2.17. The second-order valence-corrected chi connectivity index (χ2v) is 5.68. The Morgan fingerprint density at radius 1 is 0.826 bits per heavy atom. The van der Waals surface area contributed by atoms with Gasteiger partial charge < -0.3 is 4.42 Å². The summed E-state index contributed by atoms with van der Waals surface area (Å²) in [5, 5.41) is 5.55. The first-order chi connectivity index (χ1) is 11.4. The third kappa shape index (κ3) is 1.60. The smallest absolute Gasteiger partial charge is 0.147 e. The van der Waals surface area contributed by atoms with E-state index in [0.717, 1.165) is 43.9 Å². The van der Waals surface area contributed by atoms with Crippen LogP contribution in [0.3, 0.4) is 0 Å². The summed E-state index contributed by atoms with van der Waals surface area (Å²) in [6.45, 7) is 3.93. The fourth-order valence-corrected chi connectivity index (χ4v) is 3.40. The lowest BCUT2D eigenvalue weighted by Crippen LogP contribution is -1.87. The number of nitrogens with zero attached hydrogens (tertiary/aromatic N) is 1. The number of para-hydroxylation sites is 1. The zero-order valence-corrected chi connectivity index (χ0v) is 12.4. The van der Waals surface area contributed by atoms with E-state index >= 15 is 0 Å². The Morgan fingerprint density at radius 3 is 2.48 bits per heavy atom. The molecular formula is C21H13NO. The van der Waals surface area contributed by atoms with Crippen LogP contribution in [-0.2, 0) is 0 Å². The van der Waals surface area contributed by atoms with Gasteiger partial charge in [0.15, 0.2) is 0 Å². The predicted octanol–water partition coefficient (Wildman–Crippen LogP) is 5.93. The highest BCUT2D eigenvalue weighted by atomic mass is 16.3. The maximum atomic E-state index is 6.23. The van der Waals surface area contributed by atoms with E-state index in [1.54, 1.807) is 6.08 Å². The largest absolute Gasteiger partial charge is 0.455 e. The van der Waals surface area contributed by atoms with Crippen LogP contribution in [0.2, 0.25) is 0 Å². The third-order valence-electron chi connectivity index (χ3n) is 4.42. The predicted molar refractivity (Wildman–Crippen MR) is 96.6 cm³/mol. The molecule has 0 saturated heterocycles. The lowest BCUT2D eigenvalue weighted by atomic mass is 10.0. The van der Waals surface area contributed by atoms with Gasteiger partial charge >= 0.3 is 0 Å². The maximum absolute atomic E-state index is 6.23. The molecule has 0 bridgehead atoms. The summed E-state index contributed by atoms with van der Waals surface area (Å²) in [4.78, 5) is 4.82. The van der Waals surface area contributed by atoms with Crippen LogP contribution >= 0.6 is 0 Å². The highest BCUT2D eigenvalue weighted by Gasteiger charge is 2.16. The molecule has 5 aromatic rings.